The maximum absolute atomic E-state index is 8.89. The van der Waals surface area contributed by atoms with Gasteiger partial charge in [0.2, 0.25) is 0 Å². The van der Waals surface area contributed by atoms with Crippen LogP contribution in [0, 0.1) is 24.7 Å². The van der Waals surface area contributed by atoms with Crippen LogP contribution in [0.15, 0.2) is 0 Å². The van der Waals surface area contributed by atoms with Crippen LogP contribution in [0.5, 0.6) is 0 Å². The van der Waals surface area contributed by atoms with Gasteiger partial charge in [-0.25, -0.2) is 0 Å². The number of carboxylic acid groups (broad SMARTS) is 2. The standard InChI is InChI=1S/2C4H6.2C2H4O2.Sn/c2*1-3-4-2;2*1-2(3)4;/h2*1H,4H2,2H3;2*1H3,(H,3,4);/q;;;;+2/p-2. The first-order chi connectivity index (χ1) is 7.29. The van der Waals surface area contributed by atoms with Crippen LogP contribution in [0.2, 0.25) is 0 Å². The molecule has 2 radical (unpaired) electrons. The normalized spacial score (nSPS) is 5.29. The first-order valence-corrected chi connectivity index (χ1v) is 4.52. The van der Waals surface area contributed by atoms with E-state index in [2.05, 4.69) is 11.8 Å². The molecule has 0 fully saturated rings. The molecule has 0 aliphatic rings. The van der Waals surface area contributed by atoms with E-state index in [1.807, 2.05) is 13.8 Å². The Bertz CT molecular complexity index is 202. The van der Waals surface area contributed by atoms with E-state index in [0.29, 0.717) is 0 Å². The fraction of sp³-hybridized carbons (Fsp3) is 0.500. The summed E-state index contributed by atoms with van der Waals surface area (Å²) in [6.45, 7) is 5.83. The molecule has 4 nitrogen and oxygen atoms in total. The van der Waals surface area contributed by atoms with E-state index in [1.165, 1.54) is 0 Å². The molecule has 0 N–H and O–H groups in total. The average molecular weight is 345 g/mol. The Labute approximate surface area is 121 Å². The zero-order valence-corrected chi connectivity index (χ0v) is 13.6. The predicted molar refractivity (Wildman–Crippen MR) is 65.4 cm³/mol. The third kappa shape index (κ3) is 3330. The van der Waals surface area contributed by atoms with Gasteiger partial charge in [-0.05, 0) is 13.8 Å². The smallest absolute Gasteiger partial charge is 0.550 e. The van der Waals surface area contributed by atoms with Crippen LogP contribution in [0.25, 0.3) is 0 Å². The van der Waals surface area contributed by atoms with Crippen molar-refractivity contribution < 1.29 is 19.8 Å². The van der Waals surface area contributed by atoms with Gasteiger partial charge in [-0.15, -0.1) is 24.7 Å². The summed E-state index contributed by atoms with van der Waals surface area (Å²) < 4.78 is 0. The Kier molecular flexibility index (Phi) is 63.5. The van der Waals surface area contributed by atoms with Crippen LogP contribution in [0.4, 0.5) is 0 Å². The van der Waals surface area contributed by atoms with Crippen LogP contribution in [0.1, 0.15) is 40.5 Å². The fourth-order valence-electron chi connectivity index (χ4n) is 0. The second-order valence-corrected chi connectivity index (χ2v) is 2.10. The molecule has 0 atom stereocenters. The minimum atomic E-state index is -1.08. The second kappa shape index (κ2) is 36.4. The molecule has 0 heterocycles. The largest absolute Gasteiger partial charge is 2.00 e. The van der Waals surface area contributed by atoms with Gasteiger partial charge in [-0.3, -0.25) is 0 Å². The van der Waals surface area contributed by atoms with Crippen LogP contribution in [-0.2, 0) is 9.59 Å². The summed E-state index contributed by atoms with van der Waals surface area (Å²) in [5.74, 6) is 2.69. The Morgan fingerprint density at radius 1 is 0.941 bits per heavy atom. The molecule has 0 amide bonds. The summed E-state index contributed by atoms with van der Waals surface area (Å²) in [7, 11) is 0. The van der Waals surface area contributed by atoms with Crippen molar-refractivity contribution in [3.63, 3.8) is 0 Å². The summed E-state index contributed by atoms with van der Waals surface area (Å²) in [5.41, 5.74) is 0. The summed E-state index contributed by atoms with van der Waals surface area (Å²) in [4.78, 5) is 17.8. The van der Waals surface area contributed by atoms with Gasteiger partial charge in [-0.1, -0.05) is 13.8 Å². The average Bonchev–Trinajstić information content (AvgIpc) is 2.16. The van der Waals surface area contributed by atoms with Crippen molar-refractivity contribution in [2.75, 3.05) is 0 Å². The third-order valence-electron chi connectivity index (χ3n) is 0.408. The topological polar surface area (TPSA) is 80.3 Å². The van der Waals surface area contributed by atoms with Crippen molar-refractivity contribution >= 4 is 35.8 Å². The first-order valence-electron chi connectivity index (χ1n) is 4.52. The van der Waals surface area contributed by atoms with E-state index in [-0.39, 0.29) is 23.9 Å². The predicted octanol–water partition coefficient (Wildman–Crippen LogP) is -0.809. The molecule has 0 aliphatic carbocycles. The summed E-state index contributed by atoms with van der Waals surface area (Å²) in [6, 6.07) is 0. The summed E-state index contributed by atoms with van der Waals surface area (Å²) >= 11 is 0. The quantitative estimate of drug-likeness (QED) is 0.425. The van der Waals surface area contributed by atoms with Gasteiger partial charge in [0.25, 0.3) is 0 Å². The van der Waals surface area contributed by atoms with E-state index < -0.39 is 11.9 Å². The molecule has 17 heavy (non-hydrogen) atoms. The van der Waals surface area contributed by atoms with Gasteiger partial charge in [-0.2, -0.15) is 0 Å². The van der Waals surface area contributed by atoms with Gasteiger partial charge in [0.15, 0.2) is 0 Å². The van der Waals surface area contributed by atoms with E-state index in [9.17, 15) is 0 Å². The van der Waals surface area contributed by atoms with E-state index in [4.69, 9.17) is 32.6 Å². The molecule has 0 unspecified atom stereocenters. The Morgan fingerprint density at radius 2 is 1.00 bits per heavy atom. The molecule has 0 spiro atoms. The number of hydrogen-bond donors (Lipinski definition) is 0. The Balaban J connectivity index is -0.0000000369. The van der Waals surface area contributed by atoms with E-state index in [0.717, 1.165) is 26.7 Å². The molecule has 94 valence electrons. The number of hydrogen-bond acceptors (Lipinski definition) is 4. The van der Waals surface area contributed by atoms with Crippen LogP contribution in [-0.4, -0.2) is 35.8 Å². The van der Waals surface area contributed by atoms with E-state index >= 15 is 0 Å². The molecular weight excluding hydrogens is 327 g/mol. The number of aliphatic carboxylic acids is 2. The number of carboxylic acids is 2. The van der Waals surface area contributed by atoms with Crippen molar-refractivity contribution in [1.82, 2.24) is 0 Å². The maximum atomic E-state index is 8.89. The molecule has 0 aliphatic heterocycles. The van der Waals surface area contributed by atoms with Crippen molar-refractivity contribution in [1.29, 1.82) is 0 Å². The zero-order valence-electron chi connectivity index (χ0n) is 10.7. The number of terminal acetylenes is 2. The van der Waals surface area contributed by atoms with Crippen molar-refractivity contribution in [3.8, 4) is 24.7 Å². The van der Waals surface area contributed by atoms with Gasteiger partial charge < -0.3 is 19.8 Å². The van der Waals surface area contributed by atoms with Gasteiger partial charge >= 0.3 is 23.9 Å². The number of rotatable bonds is 0. The van der Waals surface area contributed by atoms with E-state index in [1.54, 1.807) is 0 Å². The van der Waals surface area contributed by atoms with Crippen molar-refractivity contribution in [2.45, 2.75) is 40.5 Å². The van der Waals surface area contributed by atoms with Crippen molar-refractivity contribution in [2.24, 2.45) is 0 Å². The summed E-state index contributed by atoms with van der Waals surface area (Å²) in [6.07, 6.45) is 11.2. The van der Waals surface area contributed by atoms with Crippen LogP contribution >= 0.6 is 0 Å². The monoisotopic (exact) mass is 346 g/mol. The Hall–Kier alpha value is -1.14. The second-order valence-electron chi connectivity index (χ2n) is 2.10. The molecular formula is C12H18O4Sn. The fourth-order valence-corrected chi connectivity index (χ4v) is 0. The van der Waals surface area contributed by atoms with Gasteiger partial charge in [0, 0.05) is 24.8 Å². The molecule has 0 saturated carbocycles. The minimum absolute atomic E-state index is 0. The molecule has 0 aromatic heterocycles. The zero-order chi connectivity index (χ0) is 14.0. The number of carbonyl (C=O) groups is 2. The molecule has 0 rings (SSSR count). The molecule has 0 aromatic carbocycles. The van der Waals surface area contributed by atoms with Crippen LogP contribution < -0.4 is 10.2 Å². The van der Waals surface area contributed by atoms with Crippen LogP contribution in [0.3, 0.4) is 0 Å². The maximum Gasteiger partial charge on any atom is 2.00 e. The molecule has 0 bridgehead atoms. The molecule has 5 heteroatoms. The minimum Gasteiger partial charge on any atom is -0.550 e. The van der Waals surface area contributed by atoms with Crippen molar-refractivity contribution in [3.05, 3.63) is 0 Å². The third-order valence-corrected chi connectivity index (χ3v) is 0.408. The molecule has 0 aromatic rings. The first kappa shape index (κ1) is 29.7. The van der Waals surface area contributed by atoms with Gasteiger partial charge in [0.1, 0.15) is 0 Å². The van der Waals surface area contributed by atoms with Gasteiger partial charge in [0.05, 0.1) is 0 Å². The molecule has 0 saturated heterocycles. The number of carbonyl (C=O) groups excluding carboxylic acids is 2. The SMILES string of the molecule is C#CCC.C#CCC.CC(=O)[O-].CC(=O)[O-].[Sn+2]. The summed E-state index contributed by atoms with van der Waals surface area (Å²) in [5, 5.41) is 17.8. The Morgan fingerprint density at radius 3 is 1.00 bits per heavy atom.